The second-order valence-corrected chi connectivity index (χ2v) is 7.86. The summed E-state index contributed by atoms with van der Waals surface area (Å²) in [4.78, 5) is 17.1. The minimum absolute atomic E-state index is 0.0176. The molecule has 0 bridgehead atoms. The van der Waals surface area contributed by atoms with Crippen molar-refractivity contribution in [1.29, 1.82) is 5.26 Å². The summed E-state index contributed by atoms with van der Waals surface area (Å²) in [5.74, 6) is -0.00266. The highest BCUT2D eigenvalue weighted by atomic mass is 32.2. The number of rotatable bonds is 4. The van der Waals surface area contributed by atoms with E-state index in [-0.39, 0.29) is 17.9 Å². The van der Waals surface area contributed by atoms with E-state index in [4.69, 9.17) is 0 Å². The number of hydrogen-bond acceptors (Lipinski definition) is 4. The zero-order chi connectivity index (χ0) is 17.9. The van der Waals surface area contributed by atoms with Crippen molar-refractivity contribution in [2.75, 3.05) is 11.4 Å². The van der Waals surface area contributed by atoms with Crippen molar-refractivity contribution >= 4 is 29.0 Å². The molecule has 0 saturated heterocycles. The van der Waals surface area contributed by atoms with Crippen molar-refractivity contribution in [2.45, 2.75) is 41.5 Å². The van der Waals surface area contributed by atoms with Gasteiger partial charge in [-0.15, -0.1) is 0 Å². The molecule has 0 radical (unpaired) electrons. The van der Waals surface area contributed by atoms with Crippen LogP contribution in [0, 0.1) is 17.2 Å². The SMILES string of the molecule is N#CC1CCCC1NC(=O)CCN1c2ccccc2Sc2ccccc21. The number of fused-ring (bicyclic) bond motifs is 2. The Morgan fingerprint density at radius 3 is 2.42 bits per heavy atom. The van der Waals surface area contributed by atoms with E-state index in [1.54, 1.807) is 11.8 Å². The van der Waals surface area contributed by atoms with Gasteiger partial charge in [-0.3, -0.25) is 4.79 Å². The number of nitrogens with one attached hydrogen (secondary N) is 1. The number of para-hydroxylation sites is 2. The number of carbonyl (C=O) groups is 1. The highest BCUT2D eigenvalue weighted by Gasteiger charge is 2.29. The fraction of sp³-hybridized carbons (Fsp3) is 0.333. The molecule has 5 heteroatoms. The molecule has 1 N–H and O–H groups in total. The van der Waals surface area contributed by atoms with Crippen molar-refractivity contribution in [3.63, 3.8) is 0 Å². The maximum Gasteiger partial charge on any atom is 0.222 e. The molecular weight excluding hydrogens is 342 g/mol. The number of carbonyl (C=O) groups excluding carboxylic acids is 1. The van der Waals surface area contributed by atoms with Crippen molar-refractivity contribution in [1.82, 2.24) is 5.32 Å². The molecule has 0 aromatic heterocycles. The lowest BCUT2D eigenvalue weighted by molar-refractivity contribution is -0.121. The number of nitriles is 1. The minimum atomic E-state index is -0.0354. The molecular formula is C21H21N3OS. The van der Waals surface area contributed by atoms with E-state index in [2.05, 4.69) is 40.6 Å². The normalized spacial score (nSPS) is 20.8. The van der Waals surface area contributed by atoms with Crippen LogP contribution in [-0.2, 0) is 4.79 Å². The summed E-state index contributed by atoms with van der Waals surface area (Å²) in [5.41, 5.74) is 2.31. The largest absolute Gasteiger partial charge is 0.352 e. The van der Waals surface area contributed by atoms with Gasteiger partial charge in [0, 0.05) is 28.8 Å². The molecule has 1 fully saturated rings. The van der Waals surface area contributed by atoms with E-state index in [0.29, 0.717) is 13.0 Å². The fourth-order valence-corrected chi connectivity index (χ4v) is 4.90. The number of hydrogen-bond donors (Lipinski definition) is 1. The average molecular weight is 363 g/mol. The lowest BCUT2D eigenvalue weighted by atomic mass is 10.1. The zero-order valence-electron chi connectivity index (χ0n) is 14.5. The molecule has 2 aliphatic rings. The Morgan fingerprint density at radius 2 is 1.77 bits per heavy atom. The average Bonchev–Trinajstić information content (AvgIpc) is 3.12. The van der Waals surface area contributed by atoms with E-state index < -0.39 is 0 Å². The van der Waals surface area contributed by atoms with Gasteiger partial charge >= 0.3 is 0 Å². The molecule has 2 aromatic carbocycles. The van der Waals surface area contributed by atoms with Crippen molar-refractivity contribution in [2.24, 2.45) is 5.92 Å². The third-order valence-electron chi connectivity index (χ3n) is 5.12. The van der Waals surface area contributed by atoms with Crippen LogP contribution in [0.3, 0.4) is 0 Å². The maximum absolute atomic E-state index is 12.5. The quantitative estimate of drug-likeness (QED) is 0.870. The van der Waals surface area contributed by atoms with Gasteiger partial charge in [0.2, 0.25) is 5.91 Å². The molecule has 4 nitrogen and oxygen atoms in total. The Morgan fingerprint density at radius 1 is 1.12 bits per heavy atom. The molecule has 2 aromatic rings. The standard InChI is InChI=1S/C21H21N3OS/c22-14-15-6-5-7-16(15)23-21(25)12-13-24-17-8-1-3-10-19(17)26-20-11-4-2-9-18(20)24/h1-4,8-11,15-16H,5-7,12-13H2,(H,23,25). The van der Waals surface area contributed by atoms with Crippen LogP contribution in [0.1, 0.15) is 25.7 Å². The molecule has 4 rings (SSSR count). The first-order chi connectivity index (χ1) is 12.8. The third kappa shape index (κ3) is 3.30. The molecule has 0 spiro atoms. The van der Waals surface area contributed by atoms with Gasteiger partial charge in [-0.25, -0.2) is 0 Å². The topological polar surface area (TPSA) is 56.1 Å². The van der Waals surface area contributed by atoms with Gasteiger partial charge in [-0.05, 0) is 43.5 Å². The molecule has 2 atom stereocenters. The zero-order valence-corrected chi connectivity index (χ0v) is 15.3. The van der Waals surface area contributed by atoms with E-state index in [1.165, 1.54) is 9.79 Å². The van der Waals surface area contributed by atoms with Gasteiger partial charge in [0.05, 0.1) is 23.4 Å². The summed E-state index contributed by atoms with van der Waals surface area (Å²) < 4.78 is 0. The predicted octanol–water partition coefficient (Wildman–Crippen LogP) is 4.49. The maximum atomic E-state index is 12.5. The first-order valence-corrected chi connectivity index (χ1v) is 9.90. The van der Waals surface area contributed by atoms with Crippen LogP contribution in [0.25, 0.3) is 0 Å². The molecule has 26 heavy (non-hydrogen) atoms. The summed E-state index contributed by atoms with van der Waals surface area (Å²) >= 11 is 1.77. The Kier molecular flexibility index (Phi) is 4.85. The van der Waals surface area contributed by atoms with Crippen LogP contribution < -0.4 is 10.2 Å². The van der Waals surface area contributed by atoms with E-state index in [0.717, 1.165) is 30.6 Å². The second kappa shape index (κ2) is 7.43. The minimum Gasteiger partial charge on any atom is -0.352 e. The lowest BCUT2D eigenvalue weighted by Crippen LogP contribution is -2.38. The Bertz CT molecular complexity index is 815. The van der Waals surface area contributed by atoms with E-state index in [1.807, 2.05) is 24.3 Å². The van der Waals surface area contributed by atoms with Crippen molar-refractivity contribution in [3.8, 4) is 6.07 Å². The Labute approximate surface area is 158 Å². The van der Waals surface area contributed by atoms with E-state index >= 15 is 0 Å². The lowest BCUT2D eigenvalue weighted by Gasteiger charge is -2.32. The van der Waals surface area contributed by atoms with Crippen LogP contribution in [0.15, 0.2) is 58.3 Å². The monoisotopic (exact) mass is 363 g/mol. The van der Waals surface area contributed by atoms with Crippen molar-refractivity contribution in [3.05, 3.63) is 48.5 Å². The van der Waals surface area contributed by atoms with Gasteiger partial charge in [-0.1, -0.05) is 36.0 Å². The number of anilines is 2. The van der Waals surface area contributed by atoms with Crippen LogP contribution in [0.5, 0.6) is 0 Å². The first-order valence-electron chi connectivity index (χ1n) is 9.08. The summed E-state index contributed by atoms with van der Waals surface area (Å²) in [6.45, 7) is 0.629. The molecule has 2 unspecified atom stereocenters. The molecule has 1 aliphatic carbocycles. The number of benzene rings is 2. The van der Waals surface area contributed by atoms with Gasteiger partial charge < -0.3 is 10.2 Å². The van der Waals surface area contributed by atoms with Gasteiger partial charge in [0.1, 0.15) is 0 Å². The summed E-state index contributed by atoms with van der Waals surface area (Å²) in [7, 11) is 0. The predicted molar refractivity (Wildman–Crippen MR) is 104 cm³/mol. The number of amides is 1. The number of nitrogens with zero attached hydrogens (tertiary/aromatic N) is 2. The van der Waals surface area contributed by atoms with Gasteiger partial charge in [0.15, 0.2) is 0 Å². The van der Waals surface area contributed by atoms with Crippen LogP contribution >= 0.6 is 11.8 Å². The Balaban J connectivity index is 1.48. The summed E-state index contributed by atoms with van der Waals surface area (Å²) in [6, 6.07) is 19.0. The van der Waals surface area contributed by atoms with Crippen LogP contribution in [0.2, 0.25) is 0 Å². The highest BCUT2D eigenvalue weighted by Crippen LogP contribution is 2.47. The molecule has 1 saturated carbocycles. The van der Waals surface area contributed by atoms with E-state index in [9.17, 15) is 10.1 Å². The van der Waals surface area contributed by atoms with Gasteiger partial charge in [-0.2, -0.15) is 5.26 Å². The fourth-order valence-electron chi connectivity index (χ4n) is 3.80. The third-order valence-corrected chi connectivity index (χ3v) is 6.25. The molecule has 1 heterocycles. The molecule has 132 valence electrons. The Hall–Kier alpha value is -2.45. The first kappa shape index (κ1) is 17.0. The molecule has 1 amide bonds. The summed E-state index contributed by atoms with van der Waals surface area (Å²) in [5, 5.41) is 12.3. The smallest absolute Gasteiger partial charge is 0.222 e. The van der Waals surface area contributed by atoms with Gasteiger partial charge in [0.25, 0.3) is 0 Å². The van der Waals surface area contributed by atoms with Crippen molar-refractivity contribution < 1.29 is 4.79 Å². The molecule has 1 aliphatic heterocycles. The highest BCUT2D eigenvalue weighted by molar-refractivity contribution is 7.99. The second-order valence-electron chi connectivity index (χ2n) is 6.78. The van der Waals surface area contributed by atoms with Crippen LogP contribution in [-0.4, -0.2) is 18.5 Å². The summed E-state index contributed by atoms with van der Waals surface area (Å²) in [6.07, 6.45) is 3.25. The van der Waals surface area contributed by atoms with Crippen LogP contribution in [0.4, 0.5) is 11.4 Å².